The van der Waals surface area contributed by atoms with Crippen molar-refractivity contribution in [2.24, 2.45) is 0 Å². The highest BCUT2D eigenvalue weighted by atomic mass is 32.1. The van der Waals surface area contributed by atoms with Crippen molar-refractivity contribution in [3.63, 3.8) is 0 Å². The average molecular weight is 375 g/mol. The molecule has 0 saturated heterocycles. The average Bonchev–Trinajstić information content (AvgIpc) is 2.69. The second-order valence-electron chi connectivity index (χ2n) is 6.89. The first-order valence-electron chi connectivity index (χ1n) is 9.33. The van der Waals surface area contributed by atoms with Crippen molar-refractivity contribution in [2.75, 3.05) is 11.9 Å². The van der Waals surface area contributed by atoms with E-state index in [-0.39, 0.29) is 0 Å². The van der Waals surface area contributed by atoms with Crippen LogP contribution in [0.5, 0.6) is 0 Å². The van der Waals surface area contributed by atoms with Gasteiger partial charge in [-0.2, -0.15) is 0 Å². The van der Waals surface area contributed by atoms with Crippen LogP contribution in [0, 0.1) is 13.8 Å². The summed E-state index contributed by atoms with van der Waals surface area (Å²) in [6.45, 7) is 5.88. The van der Waals surface area contributed by atoms with Crippen molar-refractivity contribution >= 4 is 23.0 Å². The van der Waals surface area contributed by atoms with Gasteiger partial charge >= 0.3 is 0 Å². The smallest absolute Gasteiger partial charge is 0.173 e. The molecule has 0 bridgehead atoms. The predicted octanol–water partition coefficient (Wildman–Crippen LogP) is 5.75. The lowest BCUT2D eigenvalue weighted by Crippen LogP contribution is -2.36. The van der Waals surface area contributed by atoms with Crippen LogP contribution in [0.25, 0.3) is 0 Å². The molecule has 0 aliphatic rings. The fourth-order valence-corrected chi connectivity index (χ4v) is 3.30. The molecule has 1 N–H and O–H groups in total. The lowest BCUT2D eigenvalue weighted by Gasteiger charge is -2.27. The van der Waals surface area contributed by atoms with E-state index in [0.717, 1.165) is 30.3 Å². The van der Waals surface area contributed by atoms with E-state index in [9.17, 15) is 0 Å². The highest BCUT2D eigenvalue weighted by molar-refractivity contribution is 7.80. The number of hydrogen-bond acceptors (Lipinski definition) is 1. The molecule has 0 spiro atoms. The van der Waals surface area contributed by atoms with Crippen molar-refractivity contribution in [3.05, 3.63) is 101 Å². The van der Waals surface area contributed by atoms with Gasteiger partial charge < -0.3 is 10.2 Å². The maximum absolute atomic E-state index is 5.79. The molecule has 0 saturated carbocycles. The Morgan fingerprint density at radius 1 is 0.852 bits per heavy atom. The molecule has 0 aliphatic carbocycles. The number of nitrogens with zero attached hydrogens (tertiary/aromatic N) is 1. The summed E-state index contributed by atoms with van der Waals surface area (Å²) >= 11 is 5.79. The Labute approximate surface area is 167 Å². The molecule has 2 nitrogen and oxygen atoms in total. The SMILES string of the molecule is Cc1ccc(C)c(NC(=S)N(CCc2ccccc2)Cc2ccccc2)c1. The number of aryl methyl sites for hydroxylation is 2. The lowest BCUT2D eigenvalue weighted by atomic mass is 10.1. The highest BCUT2D eigenvalue weighted by Gasteiger charge is 2.12. The zero-order chi connectivity index (χ0) is 19.1. The van der Waals surface area contributed by atoms with Crippen LogP contribution in [0.2, 0.25) is 0 Å². The van der Waals surface area contributed by atoms with Gasteiger partial charge in [-0.25, -0.2) is 0 Å². The molecular weight excluding hydrogens is 348 g/mol. The van der Waals surface area contributed by atoms with Crippen LogP contribution in [0.4, 0.5) is 5.69 Å². The van der Waals surface area contributed by atoms with E-state index in [0.29, 0.717) is 0 Å². The molecular formula is C24H26N2S. The molecule has 3 aromatic rings. The van der Waals surface area contributed by atoms with Gasteiger partial charge in [-0.3, -0.25) is 0 Å². The number of nitrogens with one attached hydrogen (secondary N) is 1. The van der Waals surface area contributed by atoms with Crippen LogP contribution < -0.4 is 5.32 Å². The zero-order valence-electron chi connectivity index (χ0n) is 16.0. The quantitative estimate of drug-likeness (QED) is 0.554. The maximum atomic E-state index is 5.79. The molecule has 0 fully saturated rings. The standard InChI is InChI=1S/C24H26N2S/c1-19-13-14-20(2)23(17-19)25-24(27)26(18-22-11-7-4-8-12-22)16-15-21-9-5-3-6-10-21/h3-14,17H,15-16,18H2,1-2H3,(H,25,27). The number of anilines is 1. The van der Waals surface area contributed by atoms with Crippen molar-refractivity contribution in [1.82, 2.24) is 4.90 Å². The first-order valence-corrected chi connectivity index (χ1v) is 9.73. The second-order valence-corrected chi connectivity index (χ2v) is 7.28. The largest absolute Gasteiger partial charge is 0.344 e. The summed E-state index contributed by atoms with van der Waals surface area (Å²) < 4.78 is 0. The predicted molar refractivity (Wildman–Crippen MR) is 119 cm³/mol. The molecule has 3 aromatic carbocycles. The van der Waals surface area contributed by atoms with E-state index in [1.54, 1.807) is 0 Å². The Morgan fingerprint density at radius 3 is 2.15 bits per heavy atom. The first-order chi connectivity index (χ1) is 13.1. The number of thiocarbonyl (C=S) groups is 1. The Kier molecular flexibility index (Phi) is 6.61. The first kappa shape index (κ1) is 19.1. The minimum Gasteiger partial charge on any atom is -0.344 e. The van der Waals surface area contributed by atoms with Crippen molar-refractivity contribution in [1.29, 1.82) is 0 Å². The third-order valence-electron chi connectivity index (χ3n) is 4.65. The normalized spacial score (nSPS) is 10.4. The molecule has 0 unspecified atom stereocenters. The molecule has 0 amide bonds. The summed E-state index contributed by atoms with van der Waals surface area (Å²) in [6.07, 6.45) is 0.961. The summed E-state index contributed by atoms with van der Waals surface area (Å²) in [5.74, 6) is 0. The molecule has 3 heteroatoms. The van der Waals surface area contributed by atoms with Crippen LogP contribution in [0.3, 0.4) is 0 Å². The second kappa shape index (κ2) is 9.33. The Balaban J connectivity index is 1.75. The third-order valence-corrected chi connectivity index (χ3v) is 5.01. The van der Waals surface area contributed by atoms with E-state index in [1.807, 2.05) is 6.07 Å². The van der Waals surface area contributed by atoms with Gasteiger partial charge in [-0.15, -0.1) is 0 Å². The fraction of sp³-hybridized carbons (Fsp3) is 0.208. The van der Waals surface area contributed by atoms with E-state index in [4.69, 9.17) is 12.2 Å². The van der Waals surface area contributed by atoms with Crippen molar-refractivity contribution in [2.45, 2.75) is 26.8 Å². The summed E-state index contributed by atoms with van der Waals surface area (Å²) in [5.41, 5.74) is 6.09. The van der Waals surface area contributed by atoms with Crippen LogP contribution in [-0.2, 0) is 13.0 Å². The highest BCUT2D eigenvalue weighted by Crippen LogP contribution is 2.18. The summed E-state index contributed by atoms with van der Waals surface area (Å²) in [6, 6.07) is 27.5. The van der Waals surface area contributed by atoms with E-state index in [2.05, 4.69) is 96.9 Å². The Hall–Kier alpha value is -2.65. The Bertz CT molecular complexity index is 875. The molecule has 0 aromatic heterocycles. The number of rotatable bonds is 6. The summed E-state index contributed by atoms with van der Waals surface area (Å²) in [5, 5.41) is 4.23. The molecule has 0 radical (unpaired) electrons. The molecule has 27 heavy (non-hydrogen) atoms. The lowest BCUT2D eigenvalue weighted by molar-refractivity contribution is 0.423. The van der Waals surface area contributed by atoms with Gasteiger partial charge in [0.05, 0.1) is 0 Å². The summed E-state index contributed by atoms with van der Waals surface area (Å²) in [7, 11) is 0. The number of benzene rings is 3. The number of hydrogen-bond donors (Lipinski definition) is 1. The van der Waals surface area contributed by atoms with Gasteiger partial charge in [-0.1, -0.05) is 72.8 Å². The van der Waals surface area contributed by atoms with E-state index >= 15 is 0 Å². The van der Waals surface area contributed by atoms with Gasteiger partial charge in [0.15, 0.2) is 5.11 Å². The molecule has 138 valence electrons. The van der Waals surface area contributed by atoms with Gasteiger partial charge in [0.25, 0.3) is 0 Å². The van der Waals surface area contributed by atoms with Gasteiger partial charge in [0.2, 0.25) is 0 Å². The van der Waals surface area contributed by atoms with Crippen LogP contribution in [-0.4, -0.2) is 16.6 Å². The van der Waals surface area contributed by atoms with E-state index in [1.165, 1.54) is 22.3 Å². The van der Waals surface area contributed by atoms with Gasteiger partial charge in [0, 0.05) is 18.8 Å². The van der Waals surface area contributed by atoms with Gasteiger partial charge in [0.1, 0.15) is 0 Å². The third kappa shape index (κ3) is 5.66. The molecule has 3 rings (SSSR count). The zero-order valence-corrected chi connectivity index (χ0v) is 16.8. The topological polar surface area (TPSA) is 15.3 Å². The van der Waals surface area contributed by atoms with Crippen molar-refractivity contribution in [3.8, 4) is 0 Å². The Morgan fingerprint density at radius 2 is 1.48 bits per heavy atom. The minimum absolute atomic E-state index is 0.767. The molecule has 0 atom stereocenters. The monoisotopic (exact) mass is 374 g/mol. The maximum Gasteiger partial charge on any atom is 0.173 e. The fourth-order valence-electron chi connectivity index (χ4n) is 3.03. The van der Waals surface area contributed by atoms with Crippen LogP contribution >= 0.6 is 12.2 Å². The molecule has 0 aliphatic heterocycles. The van der Waals surface area contributed by atoms with Gasteiger partial charge in [-0.05, 0) is 60.8 Å². The van der Waals surface area contributed by atoms with Crippen LogP contribution in [0.1, 0.15) is 22.3 Å². The van der Waals surface area contributed by atoms with Crippen LogP contribution in [0.15, 0.2) is 78.9 Å². The molecule has 0 heterocycles. The minimum atomic E-state index is 0.767. The summed E-state index contributed by atoms with van der Waals surface area (Å²) in [4.78, 5) is 2.25. The van der Waals surface area contributed by atoms with Crippen molar-refractivity contribution < 1.29 is 0 Å². The van der Waals surface area contributed by atoms with E-state index < -0.39 is 0 Å².